The molecule has 0 atom stereocenters. The van der Waals surface area contributed by atoms with Crippen LogP contribution in [-0.4, -0.2) is 48.2 Å². The minimum Gasteiger partial charge on any atom is -0.392 e. The fraction of sp³-hybridized carbons (Fsp3) is 0.611. The van der Waals surface area contributed by atoms with Crippen LogP contribution in [0, 0.1) is 5.82 Å². The van der Waals surface area contributed by atoms with Gasteiger partial charge in [-0.15, -0.1) is 0 Å². The van der Waals surface area contributed by atoms with E-state index in [4.69, 9.17) is 5.11 Å². The number of hydrogen-bond acceptors (Lipinski definition) is 3. The number of aliphatic imine (C=N–C) groups is 1. The molecule has 136 valence electrons. The molecule has 1 aromatic carbocycles. The third-order valence-corrected chi connectivity index (χ3v) is 3.95. The van der Waals surface area contributed by atoms with Crippen molar-refractivity contribution in [3.8, 4) is 0 Å². The first-order valence-corrected chi connectivity index (χ1v) is 8.47. The van der Waals surface area contributed by atoms with E-state index in [0.717, 1.165) is 18.7 Å². The molecule has 0 fully saturated rings. The van der Waals surface area contributed by atoms with Crippen LogP contribution in [0.15, 0.2) is 23.2 Å². The molecule has 1 rings (SSSR count). The summed E-state index contributed by atoms with van der Waals surface area (Å²) in [5.74, 6) is 0.323. The first kappa shape index (κ1) is 20.4. The Bertz CT molecular complexity index is 524. The zero-order chi connectivity index (χ0) is 18.1. The van der Waals surface area contributed by atoms with Gasteiger partial charge in [-0.2, -0.15) is 0 Å². The van der Waals surface area contributed by atoms with Gasteiger partial charge < -0.3 is 15.7 Å². The first-order valence-electron chi connectivity index (χ1n) is 8.47. The highest BCUT2D eigenvalue weighted by atomic mass is 19.1. The van der Waals surface area contributed by atoms with Gasteiger partial charge in [-0.1, -0.05) is 6.07 Å². The summed E-state index contributed by atoms with van der Waals surface area (Å²) in [6.07, 6.45) is 0. The van der Waals surface area contributed by atoms with Crippen molar-refractivity contribution in [3.05, 3.63) is 35.1 Å². The molecule has 0 aliphatic rings. The fourth-order valence-electron chi connectivity index (χ4n) is 2.68. The lowest BCUT2D eigenvalue weighted by molar-refractivity contribution is 0.178. The van der Waals surface area contributed by atoms with Gasteiger partial charge in [0.15, 0.2) is 5.96 Å². The van der Waals surface area contributed by atoms with Crippen molar-refractivity contribution in [2.45, 2.75) is 52.9 Å². The van der Waals surface area contributed by atoms with Crippen LogP contribution in [0.3, 0.4) is 0 Å². The number of halogens is 1. The second-order valence-corrected chi connectivity index (χ2v) is 6.36. The van der Waals surface area contributed by atoms with Crippen molar-refractivity contribution in [1.29, 1.82) is 0 Å². The van der Waals surface area contributed by atoms with Crippen LogP contribution in [0.4, 0.5) is 4.39 Å². The van der Waals surface area contributed by atoms with Gasteiger partial charge in [0, 0.05) is 44.3 Å². The summed E-state index contributed by atoms with van der Waals surface area (Å²) in [6.45, 7) is 10.7. The van der Waals surface area contributed by atoms with E-state index in [1.807, 2.05) is 0 Å². The molecule has 0 spiro atoms. The van der Waals surface area contributed by atoms with E-state index in [0.29, 0.717) is 30.2 Å². The van der Waals surface area contributed by atoms with Crippen molar-refractivity contribution in [1.82, 2.24) is 15.5 Å². The number of aliphatic hydroxyl groups excluding tert-OH is 1. The molecule has 0 aromatic heterocycles. The van der Waals surface area contributed by atoms with Gasteiger partial charge in [0.2, 0.25) is 0 Å². The molecule has 5 nitrogen and oxygen atoms in total. The summed E-state index contributed by atoms with van der Waals surface area (Å²) in [7, 11) is 1.72. The maximum atomic E-state index is 13.4. The van der Waals surface area contributed by atoms with Gasteiger partial charge in [0.1, 0.15) is 5.82 Å². The summed E-state index contributed by atoms with van der Waals surface area (Å²) in [5, 5.41) is 15.6. The van der Waals surface area contributed by atoms with E-state index in [1.165, 1.54) is 6.07 Å². The van der Waals surface area contributed by atoms with E-state index in [9.17, 15) is 4.39 Å². The number of guanidine groups is 1. The Morgan fingerprint density at radius 2 is 1.88 bits per heavy atom. The van der Waals surface area contributed by atoms with Crippen molar-refractivity contribution in [2.24, 2.45) is 4.99 Å². The normalized spacial score (nSPS) is 12.3. The lowest BCUT2D eigenvalue weighted by Gasteiger charge is -2.30. The summed E-state index contributed by atoms with van der Waals surface area (Å²) in [4.78, 5) is 6.61. The largest absolute Gasteiger partial charge is 0.392 e. The van der Waals surface area contributed by atoms with E-state index >= 15 is 0 Å². The summed E-state index contributed by atoms with van der Waals surface area (Å²) >= 11 is 0. The Morgan fingerprint density at radius 1 is 1.21 bits per heavy atom. The highest BCUT2D eigenvalue weighted by molar-refractivity contribution is 5.79. The highest BCUT2D eigenvalue weighted by Gasteiger charge is 2.12. The minimum absolute atomic E-state index is 0.299. The molecule has 0 bridgehead atoms. The summed E-state index contributed by atoms with van der Waals surface area (Å²) < 4.78 is 13.4. The predicted octanol–water partition coefficient (Wildman–Crippen LogP) is 2.10. The predicted molar refractivity (Wildman–Crippen MR) is 97.5 cm³/mol. The molecule has 0 unspecified atom stereocenters. The van der Waals surface area contributed by atoms with Crippen LogP contribution in [0.2, 0.25) is 0 Å². The number of nitrogens with one attached hydrogen (secondary N) is 2. The molecule has 3 N–H and O–H groups in total. The van der Waals surface area contributed by atoms with E-state index in [-0.39, 0.29) is 12.4 Å². The quantitative estimate of drug-likeness (QED) is 0.502. The molecule has 0 saturated carbocycles. The maximum Gasteiger partial charge on any atom is 0.191 e. The summed E-state index contributed by atoms with van der Waals surface area (Å²) in [6, 6.07) is 5.74. The number of benzene rings is 1. The van der Waals surface area contributed by atoms with Crippen molar-refractivity contribution in [2.75, 3.05) is 20.1 Å². The van der Waals surface area contributed by atoms with Gasteiger partial charge >= 0.3 is 0 Å². The Hall–Kier alpha value is -1.66. The lowest BCUT2D eigenvalue weighted by Crippen LogP contribution is -2.45. The van der Waals surface area contributed by atoms with Crippen molar-refractivity contribution < 1.29 is 9.50 Å². The zero-order valence-corrected chi connectivity index (χ0v) is 15.4. The fourth-order valence-corrected chi connectivity index (χ4v) is 2.68. The molecule has 0 amide bonds. The van der Waals surface area contributed by atoms with E-state index in [1.54, 1.807) is 19.2 Å². The standard InChI is InChI=1S/C18H31FN4O/c1-13(2)23(14(3)4)9-8-21-18(20-5)22-11-15-6-7-17(19)16(10-15)12-24/h6-7,10,13-14,24H,8-9,11-12H2,1-5H3,(H2,20,21,22). The monoisotopic (exact) mass is 338 g/mol. The molecular formula is C18H31FN4O. The van der Waals surface area contributed by atoms with Gasteiger partial charge in [-0.25, -0.2) is 4.39 Å². The third kappa shape index (κ3) is 6.45. The molecular weight excluding hydrogens is 307 g/mol. The molecule has 6 heteroatoms. The molecule has 24 heavy (non-hydrogen) atoms. The van der Waals surface area contributed by atoms with Crippen LogP contribution < -0.4 is 10.6 Å². The van der Waals surface area contributed by atoms with Gasteiger partial charge in [0.25, 0.3) is 0 Å². The second-order valence-electron chi connectivity index (χ2n) is 6.36. The van der Waals surface area contributed by atoms with Gasteiger partial charge in [-0.05, 0) is 45.4 Å². The molecule has 1 aromatic rings. The average Bonchev–Trinajstić information content (AvgIpc) is 2.54. The van der Waals surface area contributed by atoms with Crippen LogP contribution in [-0.2, 0) is 13.2 Å². The number of hydrogen-bond donors (Lipinski definition) is 3. The Labute approximate surface area is 145 Å². The average molecular weight is 338 g/mol. The number of rotatable bonds is 8. The van der Waals surface area contributed by atoms with Crippen molar-refractivity contribution in [3.63, 3.8) is 0 Å². The summed E-state index contributed by atoms with van der Waals surface area (Å²) in [5.41, 5.74) is 1.20. The first-order chi connectivity index (χ1) is 11.4. The minimum atomic E-state index is -0.383. The zero-order valence-electron chi connectivity index (χ0n) is 15.4. The van der Waals surface area contributed by atoms with Crippen LogP contribution >= 0.6 is 0 Å². The molecule has 0 radical (unpaired) electrons. The Balaban J connectivity index is 2.48. The Morgan fingerprint density at radius 3 is 2.42 bits per heavy atom. The van der Waals surface area contributed by atoms with Crippen LogP contribution in [0.1, 0.15) is 38.8 Å². The Kier molecular flexibility index (Phi) is 8.71. The third-order valence-electron chi connectivity index (χ3n) is 3.95. The van der Waals surface area contributed by atoms with Gasteiger partial charge in [0.05, 0.1) is 6.61 Å². The smallest absolute Gasteiger partial charge is 0.191 e. The molecule has 0 saturated heterocycles. The van der Waals surface area contributed by atoms with Crippen LogP contribution in [0.5, 0.6) is 0 Å². The molecule has 0 heterocycles. The van der Waals surface area contributed by atoms with E-state index in [2.05, 4.69) is 48.2 Å². The van der Waals surface area contributed by atoms with Gasteiger partial charge in [-0.3, -0.25) is 9.89 Å². The lowest BCUT2D eigenvalue weighted by atomic mass is 10.1. The van der Waals surface area contributed by atoms with E-state index < -0.39 is 0 Å². The number of nitrogens with zero attached hydrogens (tertiary/aromatic N) is 2. The highest BCUT2D eigenvalue weighted by Crippen LogP contribution is 2.10. The molecule has 0 aliphatic carbocycles. The van der Waals surface area contributed by atoms with Crippen molar-refractivity contribution >= 4 is 5.96 Å². The molecule has 0 aliphatic heterocycles. The topological polar surface area (TPSA) is 59.9 Å². The maximum absolute atomic E-state index is 13.4. The van der Waals surface area contributed by atoms with Crippen LogP contribution in [0.25, 0.3) is 0 Å². The number of aliphatic hydroxyl groups is 1. The second kappa shape index (κ2) is 10.3. The SMILES string of the molecule is CN=C(NCCN(C(C)C)C(C)C)NCc1ccc(F)c(CO)c1.